The number of H-pyrrole nitrogens is 1. The van der Waals surface area contributed by atoms with Gasteiger partial charge in [0.15, 0.2) is 17.0 Å². The van der Waals surface area contributed by atoms with Crippen LogP contribution in [-0.2, 0) is 21.6 Å². The van der Waals surface area contributed by atoms with E-state index in [0.717, 1.165) is 22.4 Å². The van der Waals surface area contributed by atoms with Crippen LogP contribution in [0.25, 0.3) is 11.2 Å². The van der Waals surface area contributed by atoms with E-state index in [9.17, 15) is 9.90 Å². The van der Waals surface area contributed by atoms with Crippen molar-refractivity contribution in [2.24, 2.45) is 0 Å². The molecule has 0 aliphatic carbocycles. The normalized spacial score (nSPS) is 16.8. The summed E-state index contributed by atoms with van der Waals surface area (Å²) >= 11 is 0. The molecule has 3 atom stereocenters. The van der Waals surface area contributed by atoms with Crippen molar-refractivity contribution in [3.8, 4) is 11.5 Å². The molecule has 1 amide bonds. The van der Waals surface area contributed by atoms with Gasteiger partial charge >= 0.3 is 0 Å². The first-order chi connectivity index (χ1) is 27.5. The summed E-state index contributed by atoms with van der Waals surface area (Å²) in [5.41, 5.74) is 3.52. The number of aliphatic hydroxyl groups excluding tert-OH is 1. The molecule has 0 saturated carbocycles. The molecule has 4 N–H and O–H groups in total. The zero-order chi connectivity index (χ0) is 38.5. The average molecular weight is 753 g/mol. The molecule has 56 heavy (non-hydrogen) atoms. The maximum absolute atomic E-state index is 13.2. The van der Waals surface area contributed by atoms with Gasteiger partial charge in [-0.05, 0) is 53.1 Å². The fraction of sp³-hybridized carbons (Fsp3) is 0.214. The summed E-state index contributed by atoms with van der Waals surface area (Å²) in [6.45, 7) is 0.370. The van der Waals surface area contributed by atoms with Crippen molar-refractivity contribution in [1.82, 2.24) is 29.5 Å². The Balaban J connectivity index is 1.14. The number of benzene rings is 4. The van der Waals surface area contributed by atoms with Gasteiger partial charge in [-0.3, -0.25) is 9.36 Å². The molecular weight excluding hydrogens is 713 g/mol. The van der Waals surface area contributed by atoms with Crippen molar-refractivity contribution in [3.63, 3.8) is 0 Å². The number of methoxy groups -OCH3 is 2. The van der Waals surface area contributed by atoms with Crippen molar-refractivity contribution in [3.05, 3.63) is 156 Å². The minimum Gasteiger partial charge on any atom is -0.497 e. The number of imidazole rings is 2. The maximum atomic E-state index is 13.2. The Hall–Kier alpha value is -6.61. The predicted octanol–water partition coefficient (Wildman–Crippen LogP) is 6.09. The van der Waals surface area contributed by atoms with E-state index in [2.05, 4.69) is 30.6 Å². The van der Waals surface area contributed by atoms with Crippen LogP contribution in [-0.4, -0.2) is 73.5 Å². The SMILES string of the molecule is COc1ccc(C(OC[C@H]2O[C@@H](n3c(NCc4cnc[nH]4)nc4c(NC(=O)c5ccccc5)ncnc43)C[C@@H]2O)(c2ccccc2)c2ccc(OC)cc2)cc1. The van der Waals surface area contributed by atoms with E-state index in [-0.39, 0.29) is 24.8 Å². The fourth-order valence-corrected chi connectivity index (χ4v) is 7.03. The third-order valence-corrected chi connectivity index (χ3v) is 9.87. The topological polar surface area (TPSA) is 171 Å². The average Bonchev–Trinajstić information content (AvgIpc) is 4.00. The minimum absolute atomic E-state index is 0.0154. The van der Waals surface area contributed by atoms with Gasteiger partial charge in [-0.15, -0.1) is 0 Å². The molecule has 14 heteroatoms. The molecule has 1 aliphatic heterocycles. The number of carbonyl (C=O) groups is 1. The first kappa shape index (κ1) is 36.4. The van der Waals surface area contributed by atoms with Gasteiger partial charge in [0.1, 0.15) is 35.8 Å². The largest absolute Gasteiger partial charge is 0.497 e. The molecule has 8 rings (SSSR count). The lowest BCUT2D eigenvalue weighted by molar-refractivity contribution is -0.0927. The highest BCUT2D eigenvalue weighted by Crippen LogP contribution is 2.43. The van der Waals surface area contributed by atoms with E-state index < -0.39 is 24.0 Å². The molecule has 284 valence electrons. The lowest BCUT2D eigenvalue weighted by atomic mass is 9.80. The number of carbonyl (C=O) groups excluding carboxylic acids is 1. The number of anilines is 2. The number of aromatic amines is 1. The predicted molar refractivity (Wildman–Crippen MR) is 208 cm³/mol. The van der Waals surface area contributed by atoms with E-state index in [1.807, 2.05) is 84.9 Å². The van der Waals surface area contributed by atoms with Crippen LogP contribution in [0.4, 0.5) is 11.8 Å². The number of aromatic nitrogens is 6. The van der Waals surface area contributed by atoms with E-state index >= 15 is 0 Å². The van der Waals surface area contributed by atoms with Crippen molar-refractivity contribution < 1.29 is 28.8 Å². The van der Waals surface area contributed by atoms with Crippen LogP contribution in [0.2, 0.25) is 0 Å². The van der Waals surface area contributed by atoms with Crippen LogP contribution in [0.5, 0.6) is 11.5 Å². The molecule has 1 aliphatic rings. The number of rotatable bonds is 14. The third kappa shape index (κ3) is 7.15. The number of fused-ring (bicyclic) bond motifs is 1. The van der Waals surface area contributed by atoms with Crippen molar-refractivity contribution >= 4 is 28.8 Å². The summed E-state index contributed by atoms with van der Waals surface area (Å²) in [6.07, 6.45) is 2.49. The van der Waals surface area contributed by atoms with E-state index in [0.29, 0.717) is 40.7 Å². The number of ether oxygens (including phenoxy) is 4. The summed E-state index contributed by atoms with van der Waals surface area (Å²) in [5, 5.41) is 17.9. The van der Waals surface area contributed by atoms with Crippen LogP contribution < -0.4 is 20.1 Å². The van der Waals surface area contributed by atoms with E-state index in [1.54, 1.807) is 55.6 Å². The van der Waals surface area contributed by atoms with Gasteiger partial charge in [-0.25, -0.2) is 19.9 Å². The van der Waals surface area contributed by atoms with Crippen LogP contribution in [0.3, 0.4) is 0 Å². The van der Waals surface area contributed by atoms with Crippen LogP contribution in [0, 0.1) is 0 Å². The summed E-state index contributed by atoms with van der Waals surface area (Å²) in [4.78, 5) is 34.2. The molecule has 4 aromatic carbocycles. The molecular formula is C42H40N8O6. The third-order valence-electron chi connectivity index (χ3n) is 9.87. The second kappa shape index (κ2) is 16.0. The molecule has 7 aromatic rings. The first-order valence-corrected chi connectivity index (χ1v) is 18.1. The molecule has 3 aromatic heterocycles. The number of amides is 1. The van der Waals surface area contributed by atoms with Gasteiger partial charge < -0.3 is 39.7 Å². The summed E-state index contributed by atoms with van der Waals surface area (Å²) < 4.78 is 26.5. The molecule has 0 spiro atoms. The van der Waals surface area contributed by atoms with Gasteiger partial charge in [-0.1, -0.05) is 72.8 Å². The molecule has 0 bridgehead atoms. The molecule has 1 saturated heterocycles. The summed E-state index contributed by atoms with van der Waals surface area (Å²) in [7, 11) is 3.26. The lowest BCUT2D eigenvalue weighted by Gasteiger charge is -2.37. The summed E-state index contributed by atoms with van der Waals surface area (Å²) in [5.74, 6) is 1.71. The number of hydrogen-bond donors (Lipinski definition) is 4. The Morgan fingerprint density at radius 1 is 0.893 bits per heavy atom. The zero-order valence-electron chi connectivity index (χ0n) is 30.7. The smallest absolute Gasteiger partial charge is 0.256 e. The number of aliphatic hydroxyl groups is 1. The highest BCUT2D eigenvalue weighted by Gasteiger charge is 2.43. The Kier molecular flexibility index (Phi) is 10.4. The zero-order valence-corrected chi connectivity index (χ0v) is 30.7. The van der Waals surface area contributed by atoms with Crippen LogP contribution in [0.15, 0.2) is 128 Å². The summed E-state index contributed by atoms with van der Waals surface area (Å²) in [6, 6.07) is 34.3. The molecule has 4 heterocycles. The fourth-order valence-electron chi connectivity index (χ4n) is 7.03. The number of nitrogens with zero attached hydrogens (tertiary/aromatic N) is 5. The van der Waals surface area contributed by atoms with Gasteiger partial charge in [0.2, 0.25) is 5.95 Å². The molecule has 1 fully saturated rings. The highest BCUT2D eigenvalue weighted by molar-refractivity contribution is 6.06. The standard InChI is InChI=1S/C42H40N8O6/c1-53-32-17-13-29(14-18-32)42(28-11-7-4-8-12-28,30-15-19-33(54-2)20-16-30)55-24-35-34(51)21-36(56-35)50-39-37(48-41(50)44-23-31-22-43-25-45-31)38(46-26-47-39)49-40(52)27-9-5-3-6-10-27/h3-20,22,25-26,34-36,51H,21,23-24H2,1-2H3,(H,43,45)(H,44,48)(H,46,47,49,52)/t34-,35+,36+/m0/s1. The second-order valence-electron chi connectivity index (χ2n) is 13.2. The highest BCUT2D eigenvalue weighted by atomic mass is 16.6. The second-order valence-corrected chi connectivity index (χ2v) is 13.2. The Morgan fingerprint density at radius 3 is 2.16 bits per heavy atom. The van der Waals surface area contributed by atoms with Crippen molar-refractivity contribution in [1.29, 1.82) is 0 Å². The Morgan fingerprint density at radius 2 is 1.54 bits per heavy atom. The Bertz CT molecular complexity index is 2330. The van der Waals surface area contributed by atoms with E-state index in [1.165, 1.54) is 6.33 Å². The number of hydrogen-bond acceptors (Lipinski definition) is 11. The first-order valence-electron chi connectivity index (χ1n) is 18.1. The van der Waals surface area contributed by atoms with Gasteiger partial charge in [-0.2, -0.15) is 0 Å². The Labute approximate surface area is 322 Å². The van der Waals surface area contributed by atoms with Gasteiger partial charge in [0, 0.05) is 18.2 Å². The van der Waals surface area contributed by atoms with Crippen molar-refractivity contribution in [2.75, 3.05) is 31.5 Å². The van der Waals surface area contributed by atoms with Crippen LogP contribution >= 0.6 is 0 Å². The van der Waals surface area contributed by atoms with Crippen molar-refractivity contribution in [2.45, 2.75) is 37.0 Å². The quantitative estimate of drug-likeness (QED) is 0.0949. The monoisotopic (exact) mass is 752 g/mol. The van der Waals surface area contributed by atoms with Gasteiger partial charge in [0.05, 0.1) is 45.5 Å². The molecule has 0 radical (unpaired) electrons. The maximum Gasteiger partial charge on any atom is 0.256 e. The number of nitrogens with one attached hydrogen (secondary N) is 3. The van der Waals surface area contributed by atoms with E-state index in [4.69, 9.17) is 23.9 Å². The molecule has 0 unspecified atom stereocenters. The molecule has 14 nitrogen and oxygen atoms in total. The van der Waals surface area contributed by atoms with Crippen LogP contribution in [0.1, 0.15) is 45.4 Å². The lowest BCUT2D eigenvalue weighted by Crippen LogP contribution is -2.38. The minimum atomic E-state index is -1.11. The van der Waals surface area contributed by atoms with Gasteiger partial charge in [0.25, 0.3) is 5.91 Å².